The normalized spacial score (nSPS) is 33.9. The summed E-state index contributed by atoms with van der Waals surface area (Å²) >= 11 is 0. The highest BCUT2D eigenvalue weighted by Gasteiger charge is 2.37. The highest BCUT2D eigenvalue weighted by atomic mass is 15.2. The average molecular weight is 272 g/mol. The molecule has 0 aromatic heterocycles. The van der Waals surface area contributed by atoms with Crippen LogP contribution in [0.4, 0.5) is 5.69 Å². The lowest BCUT2D eigenvalue weighted by atomic mass is 9.75. The molecule has 1 saturated carbocycles. The summed E-state index contributed by atoms with van der Waals surface area (Å²) in [4.78, 5) is 2.62. The molecule has 2 heteroatoms. The standard InChI is InChI=1S/C18H28N2/c1-12-6-7-17-15(10-12)5-4-8-20(17)18-14(3)9-13(2)11-16(18)19/h6-7,10,13-14,16,18H,4-5,8-9,11,19H2,1-3H3. The molecular formula is C18H28N2. The number of nitrogens with zero attached hydrogens (tertiary/aromatic N) is 1. The number of hydrogen-bond donors (Lipinski definition) is 1. The number of hydrogen-bond acceptors (Lipinski definition) is 2. The SMILES string of the molecule is Cc1ccc2c(c1)CCCN2C1C(C)CC(C)CC1N. The molecule has 4 unspecified atom stereocenters. The summed E-state index contributed by atoms with van der Waals surface area (Å²) in [6, 6.07) is 7.78. The first-order valence-corrected chi connectivity index (χ1v) is 8.18. The van der Waals surface area contributed by atoms with Crippen molar-refractivity contribution in [1.29, 1.82) is 0 Å². The van der Waals surface area contributed by atoms with Crippen LogP contribution in [-0.2, 0) is 6.42 Å². The third-order valence-corrected chi connectivity index (χ3v) is 5.22. The Bertz CT molecular complexity index is 470. The maximum Gasteiger partial charge on any atom is 0.0466 e. The van der Waals surface area contributed by atoms with Crippen molar-refractivity contribution in [3.63, 3.8) is 0 Å². The maximum absolute atomic E-state index is 6.54. The van der Waals surface area contributed by atoms with Gasteiger partial charge in [-0.2, -0.15) is 0 Å². The molecule has 4 atom stereocenters. The Morgan fingerprint density at radius 1 is 1.20 bits per heavy atom. The molecule has 1 aliphatic carbocycles. The molecule has 1 heterocycles. The van der Waals surface area contributed by atoms with Crippen molar-refractivity contribution in [2.75, 3.05) is 11.4 Å². The fraction of sp³-hybridized carbons (Fsp3) is 0.667. The summed E-state index contributed by atoms with van der Waals surface area (Å²) in [7, 11) is 0. The first-order chi connectivity index (χ1) is 9.56. The van der Waals surface area contributed by atoms with Crippen LogP contribution in [0.2, 0.25) is 0 Å². The number of rotatable bonds is 1. The van der Waals surface area contributed by atoms with Gasteiger partial charge in [0, 0.05) is 24.3 Å². The molecule has 0 bridgehead atoms. The predicted octanol–water partition coefficient (Wildman–Crippen LogP) is 3.51. The van der Waals surface area contributed by atoms with Crippen molar-refractivity contribution in [2.24, 2.45) is 17.6 Å². The van der Waals surface area contributed by atoms with E-state index in [1.165, 1.54) is 49.0 Å². The van der Waals surface area contributed by atoms with Crippen molar-refractivity contribution in [3.8, 4) is 0 Å². The Labute approximate surface area is 123 Å². The van der Waals surface area contributed by atoms with Gasteiger partial charge in [0.25, 0.3) is 0 Å². The van der Waals surface area contributed by atoms with E-state index in [4.69, 9.17) is 5.73 Å². The van der Waals surface area contributed by atoms with E-state index in [0.29, 0.717) is 18.0 Å². The van der Waals surface area contributed by atoms with E-state index in [2.05, 4.69) is 43.9 Å². The lowest BCUT2D eigenvalue weighted by molar-refractivity contribution is 0.220. The van der Waals surface area contributed by atoms with Gasteiger partial charge < -0.3 is 10.6 Å². The summed E-state index contributed by atoms with van der Waals surface area (Å²) in [6.45, 7) is 8.10. The molecule has 2 N–H and O–H groups in total. The fourth-order valence-corrected chi connectivity index (χ4v) is 4.50. The van der Waals surface area contributed by atoms with Gasteiger partial charge in [0.05, 0.1) is 0 Å². The van der Waals surface area contributed by atoms with Crippen LogP contribution in [0.25, 0.3) is 0 Å². The summed E-state index contributed by atoms with van der Waals surface area (Å²) < 4.78 is 0. The molecule has 1 aromatic rings. The molecule has 2 aliphatic rings. The maximum atomic E-state index is 6.54. The molecular weight excluding hydrogens is 244 g/mol. The molecule has 1 aromatic carbocycles. The number of benzene rings is 1. The van der Waals surface area contributed by atoms with Gasteiger partial charge in [0.1, 0.15) is 0 Å². The quantitative estimate of drug-likeness (QED) is 0.847. The molecule has 3 rings (SSSR count). The van der Waals surface area contributed by atoms with Crippen molar-refractivity contribution in [3.05, 3.63) is 29.3 Å². The zero-order valence-corrected chi connectivity index (χ0v) is 13.1. The minimum absolute atomic E-state index is 0.320. The van der Waals surface area contributed by atoms with Gasteiger partial charge in [0.2, 0.25) is 0 Å². The van der Waals surface area contributed by atoms with Crippen molar-refractivity contribution >= 4 is 5.69 Å². The zero-order chi connectivity index (χ0) is 14.3. The average Bonchev–Trinajstić information content (AvgIpc) is 2.37. The second-order valence-corrected chi connectivity index (χ2v) is 7.14. The first kappa shape index (κ1) is 13.9. The molecule has 0 spiro atoms. The van der Waals surface area contributed by atoms with Crippen LogP contribution in [0.3, 0.4) is 0 Å². The largest absolute Gasteiger partial charge is 0.366 e. The molecule has 2 nitrogen and oxygen atoms in total. The molecule has 110 valence electrons. The third kappa shape index (κ3) is 2.46. The van der Waals surface area contributed by atoms with Gasteiger partial charge in [-0.15, -0.1) is 0 Å². The van der Waals surface area contributed by atoms with E-state index in [-0.39, 0.29) is 0 Å². The van der Waals surface area contributed by atoms with E-state index in [0.717, 1.165) is 5.92 Å². The molecule has 1 fully saturated rings. The van der Waals surface area contributed by atoms with Gasteiger partial charge in [-0.3, -0.25) is 0 Å². The summed E-state index contributed by atoms with van der Waals surface area (Å²) in [6.07, 6.45) is 4.98. The molecule has 20 heavy (non-hydrogen) atoms. The van der Waals surface area contributed by atoms with Crippen molar-refractivity contribution < 1.29 is 0 Å². The highest BCUT2D eigenvalue weighted by molar-refractivity contribution is 5.58. The Morgan fingerprint density at radius 2 is 2.00 bits per heavy atom. The monoisotopic (exact) mass is 272 g/mol. The Balaban J connectivity index is 1.92. The number of fused-ring (bicyclic) bond motifs is 1. The van der Waals surface area contributed by atoms with E-state index in [9.17, 15) is 0 Å². The van der Waals surface area contributed by atoms with Gasteiger partial charge in [-0.1, -0.05) is 31.5 Å². The van der Waals surface area contributed by atoms with Gasteiger partial charge in [-0.05, 0) is 56.1 Å². The number of aryl methyl sites for hydroxylation is 2. The van der Waals surface area contributed by atoms with E-state index >= 15 is 0 Å². The van der Waals surface area contributed by atoms with Crippen LogP contribution in [0.15, 0.2) is 18.2 Å². The van der Waals surface area contributed by atoms with Gasteiger partial charge in [-0.25, -0.2) is 0 Å². The third-order valence-electron chi connectivity index (χ3n) is 5.22. The summed E-state index contributed by atoms with van der Waals surface area (Å²) in [5, 5.41) is 0. The lowest BCUT2D eigenvalue weighted by Crippen LogP contribution is -2.56. The highest BCUT2D eigenvalue weighted by Crippen LogP contribution is 2.37. The minimum Gasteiger partial charge on any atom is -0.366 e. The van der Waals surface area contributed by atoms with Crippen molar-refractivity contribution in [2.45, 2.75) is 58.5 Å². The topological polar surface area (TPSA) is 29.3 Å². The first-order valence-electron chi connectivity index (χ1n) is 8.18. The predicted molar refractivity (Wildman–Crippen MR) is 86.2 cm³/mol. The Morgan fingerprint density at radius 3 is 2.75 bits per heavy atom. The van der Waals surface area contributed by atoms with E-state index < -0.39 is 0 Å². The van der Waals surface area contributed by atoms with Crippen LogP contribution >= 0.6 is 0 Å². The number of nitrogens with two attached hydrogens (primary N) is 1. The Kier molecular flexibility index (Phi) is 3.76. The Hall–Kier alpha value is -1.02. The smallest absolute Gasteiger partial charge is 0.0466 e. The van der Waals surface area contributed by atoms with Crippen LogP contribution in [0.1, 0.15) is 44.2 Å². The molecule has 1 aliphatic heterocycles. The van der Waals surface area contributed by atoms with Gasteiger partial charge >= 0.3 is 0 Å². The number of anilines is 1. The lowest BCUT2D eigenvalue weighted by Gasteiger charge is -2.47. The van der Waals surface area contributed by atoms with Crippen LogP contribution in [0.5, 0.6) is 0 Å². The van der Waals surface area contributed by atoms with E-state index in [1.54, 1.807) is 0 Å². The second-order valence-electron chi connectivity index (χ2n) is 7.14. The van der Waals surface area contributed by atoms with Crippen LogP contribution in [0, 0.1) is 18.8 Å². The zero-order valence-electron chi connectivity index (χ0n) is 13.1. The molecule has 0 radical (unpaired) electrons. The molecule has 0 saturated heterocycles. The van der Waals surface area contributed by atoms with Crippen LogP contribution < -0.4 is 10.6 Å². The second kappa shape index (κ2) is 5.40. The van der Waals surface area contributed by atoms with Crippen molar-refractivity contribution in [1.82, 2.24) is 0 Å². The van der Waals surface area contributed by atoms with Crippen LogP contribution in [-0.4, -0.2) is 18.6 Å². The minimum atomic E-state index is 0.320. The summed E-state index contributed by atoms with van der Waals surface area (Å²) in [5.74, 6) is 1.47. The fourth-order valence-electron chi connectivity index (χ4n) is 4.50. The van der Waals surface area contributed by atoms with E-state index in [1.807, 2.05) is 0 Å². The summed E-state index contributed by atoms with van der Waals surface area (Å²) in [5.41, 5.74) is 10.9. The molecule has 0 amide bonds. The van der Waals surface area contributed by atoms with Gasteiger partial charge in [0.15, 0.2) is 0 Å².